The molecule has 2 N–H and O–H groups in total. The summed E-state index contributed by atoms with van der Waals surface area (Å²) in [5.41, 5.74) is 0.896. The number of aryl methyl sites for hydroxylation is 1. The number of nitrogens with one attached hydrogen (secondary N) is 1. The number of carboxylic acids is 1. The number of benzene rings is 2. The van der Waals surface area contributed by atoms with Crippen molar-refractivity contribution in [2.24, 2.45) is 0 Å². The number of hydrogen-bond acceptors (Lipinski definition) is 3. The largest absolute Gasteiger partial charge is 0.479 e. The fourth-order valence-electron chi connectivity index (χ4n) is 2.05. The highest BCUT2D eigenvalue weighted by Crippen LogP contribution is 2.28. The van der Waals surface area contributed by atoms with E-state index in [0.717, 1.165) is 0 Å². The molecule has 2 aromatic rings. The molecule has 0 bridgehead atoms. The fourth-order valence-corrected chi connectivity index (χ4v) is 2.50. The molecule has 7 heteroatoms. The molecule has 0 saturated heterocycles. The highest BCUT2D eigenvalue weighted by molar-refractivity contribution is 6.35. The lowest BCUT2D eigenvalue weighted by molar-refractivity contribution is -0.122. The second-order valence-electron chi connectivity index (χ2n) is 5.13. The van der Waals surface area contributed by atoms with Crippen LogP contribution in [0.3, 0.4) is 0 Å². The van der Waals surface area contributed by atoms with Gasteiger partial charge in [-0.1, -0.05) is 35.3 Å². The average Bonchev–Trinajstić information content (AvgIpc) is 2.51. The van der Waals surface area contributed by atoms with Gasteiger partial charge in [-0.2, -0.15) is 0 Å². The molecule has 2 rings (SSSR count). The summed E-state index contributed by atoms with van der Waals surface area (Å²) in [6, 6.07) is 9.41. The third-order valence-electron chi connectivity index (χ3n) is 3.32. The Morgan fingerprint density at radius 3 is 2.54 bits per heavy atom. The van der Waals surface area contributed by atoms with Crippen LogP contribution in [0.15, 0.2) is 36.4 Å². The maximum Gasteiger partial charge on any atom is 0.337 e. The van der Waals surface area contributed by atoms with E-state index in [4.69, 9.17) is 27.9 Å². The van der Waals surface area contributed by atoms with Gasteiger partial charge in [-0.25, -0.2) is 4.79 Å². The topological polar surface area (TPSA) is 75.6 Å². The first-order chi connectivity index (χ1) is 11.3. The average molecular weight is 368 g/mol. The van der Waals surface area contributed by atoms with Gasteiger partial charge in [0.15, 0.2) is 6.10 Å². The number of aromatic carboxylic acids is 1. The molecule has 0 saturated carbocycles. The van der Waals surface area contributed by atoms with Crippen LogP contribution >= 0.6 is 23.2 Å². The SMILES string of the molecule is Cc1cccc(C(=O)O)c1NC(=O)[C@@H](C)Oc1ccc(Cl)cc1Cl. The fraction of sp³-hybridized carbons (Fsp3) is 0.176. The normalized spacial score (nSPS) is 11.7. The van der Waals surface area contributed by atoms with Gasteiger partial charge < -0.3 is 15.2 Å². The summed E-state index contributed by atoms with van der Waals surface area (Å²) < 4.78 is 5.52. The number of halogens is 2. The molecule has 2 aromatic carbocycles. The van der Waals surface area contributed by atoms with Gasteiger partial charge in [0.2, 0.25) is 0 Å². The van der Waals surface area contributed by atoms with Gasteiger partial charge in [0, 0.05) is 5.02 Å². The highest BCUT2D eigenvalue weighted by atomic mass is 35.5. The van der Waals surface area contributed by atoms with Crippen LogP contribution in [0.25, 0.3) is 0 Å². The molecule has 1 amide bonds. The van der Waals surface area contributed by atoms with Crippen LogP contribution in [0.2, 0.25) is 10.0 Å². The molecule has 126 valence electrons. The molecule has 0 aromatic heterocycles. The molecule has 0 aliphatic carbocycles. The summed E-state index contributed by atoms with van der Waals surface area (Å²) in [5.74, 6) is -1.30. The van der Waals surface area contributed by atoms with Crippen LogP contribution in [-0.4, -0.2) is 23.1 Å². The van der Waals surface area contributed by atoms with E-state index >= 15 is 0 Å². The highest BCUT2D eigenvalue weighted by Gasteiger charge is 2.20. The number of carbonyl (C=O) groups excluding carboxylic acids is 1. The molecule has 0 radical (unpaired) electrons. The molecule has 0 fully saturated rings. The third-order valence-corrected chi connectivity index (χ3v) is 3.85. The second-order valence-corrected chi connectivity index (χ2v) is 5.97. The first-order valence-electron chi connectivity index (χ1n) is 7.05. The van der Waals surface area contributed by atoms with Crippen molar-refractivity contribution < 1.29 is 19.4 Å². The second kappa shape index (κ2) is 7.55. The molecular weight excluding hydrogens is 353 g/mol. The predicted molar refractivity (Wildman–Crippen MR) is 93.3 cm³/mol. The van der Waals surface area contributed by atoms with Crippen LogP contribution in [-0.2, 0) is 4.79 Å². The Morgan fingerprint density at radius 1 is 1.21 bits per heavy atom. The molecular formula is C17H15Cl2NO4. The van der Waals surface area contributed by atoms with Crippen molar-refractivity contribution in [1.29, 1.82) is 0 Å². The van der Waals surface area contributed by atoms with Crippen LogP contribution in [0, 0.1) is 6.92 Å². The first-order valence-corrected chi connectivity index (χ1v) is 7.80. The Hall–Kier alpha value is -2.24. The van der Waals surface area contributed by atoms with Crippen LogP contribution in [0.4, 0.5) is 5.69 Å². The van der Waals surface area contributed by atoms with Crippen molar-refractivity contribution in [3.8, 4) is 5.75 Å². The summed E-state index contributed by atoms with van der Waals surface area (Å²) >= 11 is 11.8. The van der Waals surface area contributed by atoms with Gasteiger partial charge in [0.25, 0.3) is 5.91 Å². The summed E-state index contributed by atoms with van der Waals surface area (Å²) in [6.07, 6.45) is -0.884. The summed E-state index contributed by atoms with van der Waals surface area (Å²) in [4.78, 5) is 23.6. The number of para-hydroxylation sites is 1. The molecule has 0 aliphatic rings. The Labute approximate surface area is 149 Å². The molecule has 0 spiro atoms. The van der Waals surface area contributed by atoms with Gasteiger partial charge in [0.1, 0.15) is 5.75 Å². The zero-order chi connectivity index (χ0) is 17.9. The molecule has 0 heterocycles. The number of carboxylic acid groups (broad SMARTS) is 1. The van der Waals surface area contributed by atoms with E-state index in [2.05, 4.69) is 5.32 Å². The van der Waals surface area contributed by atoms with E-state index < -0.39 is 18.0 Å². The van der Waals surface area contributed by atoms with Crippen molar-refractivity contribution in [3.63, 3.8) is 0 Å². The first kappa shape index (κ1) is 18.1. The van der Waals surface area contributed by atoms with E-state index in [0.29, 0.717) is 16.3 Å². The van der Waals surface area contributed by atoms with Crippen molar-refractivity contribution in [1.82, 2.24) is 0 Å². The minimum Gasteiger partial charge on any atom is -0.479 e. The lowest BCUT2D eigenvalue weighted by Gasteiger charge is -2.17. The van der Waals surface area contributed by atoms with Crippen molar-refractivity contribution in [2.45, 2.75) is 20.0 Å². The van der Waals surface area contributed by atoms with E-state index in [-0.39, 0.29) is 16.3 Å². The molecule has 5 nitrogen and oxygen atoms in total. The number of hydrogen-bond donors (Lipinski definition) is 2. The Kier molecular flexibility index (Phi) is 5.70. The van der Waals surface area contributed by atoms with Crippen molar-refractivity contribution >= 4 is 40.8 Å². The zero-order valence-corrected chi connectivity index (χ0v) is 14.5. The smallest absolute Gasteiger partial charge is 0.337 e. The van der Waals surface area contributed by atoms with Gasteiger partial charge >= 0.3 is 5.97 Å². The summed E-state index contributed by atoms with van der Waals surface area (Å²) in [5, 5.41) is 12.6. The Bertz CT molecular complexity index is 792. The van der Waals surface area contributed by atoms with Crippen LogP contribution in [0.1, 0.15) is 22.8 Å². The van der Waals surface area contributed by atoms with Gasteiger partial charge in [-0.05, 0) is 43.7 Å². The summed E-state index contributed by atoms with van der Waals surface area (Å²) in [6.45, 7) is 3.25. The maximum absolute atomic E-state index is 12.3. The van der Waals surface area contributed by atoms with Gasteiger partial charge in [-0.15, -0.1) is 0 Å². The number of amides is 1. The zero-order valence-electron chi connectivity index (χ0n) is 13.0. The predicted octanol–water partition coefficient (Wildman–Crippen LogP) is 4.41. The lowest BCUT2D eigenvalue weighted by atomic mass is 10.1. The van der Waals surface area contributed by atoms with E-state index in [1.54, 1.807) is 38.1 Å². The van der Waals surface area contributed by atoms with Crippen molar-refractivity contribution in [2.75, 3.05) is 5.32 Å². The minimum atomic E-state index is -1.12. The van der Waals surface area contributed by atoms with E-state index in [1.807, 2.05) is 0 Å². The minimum absolute atomic E-state index is 0.0140. The van der Waals surface area contributed by atoms with E-state index in [1.165, 1.54) is 12.1 Å². The Morgan fingerprint density at radius 2 is 1.92 bits per heavy atom. The number of rotatable bonds is 5. The molecule has 0 unspecified atom stereocenters. The van der Waals surface area contributed by atoms with Gasteiger partial charge in [0.05, 0.1) is 16.3 Å². The summed E-state index contributed by atoms with van der Waals surface area (Å²) in [7, 11) is 0. The van der Waals surface area contributed by atoms with Crippen LogP contribution < -0.4 is 10.1 Å². The Balaban J connectivity index is 2.16. The quantitative estimate of drug-likeness (QED) is 0.820. The molecule has 24 heavy (non-hydrogen) atoms. The van der Waals surface area contributed by atoms with Gasteiger partial charge in [-0.3, -0.25) is 4.79 Å². The van der Waals surface area contributed by atoms with Crippen LogP contribution in [0.5, 0.6) is 5.75 Å². The number of anilines is 1. The molecule has 0 aliphatic heterocycles. The molecule has 1 atom stereocenters. The lowest BCUT2D eigenvalue weighted by Crippen LogP contribution is -2.31. The van der Waals surface area contributed by atoms with Crippen molar-refractivity contribution in [3.05, 3.63) is 57.6 Å². The third kappa shape index (κ3) is 4.19. The standard InChI is InChI=1S/C17H15Cl2NO4/c1-9-4-3-5-12(17(22)23)15(9)20-16(21)10(2)24-14-7-6-11(18)8-13(14)19/h3-8,10H,1-2H3,(H,20,21)(H,22,23)/t10-/m1/s1. The van der Waals surface area contributed by atoms with E-state index in [9.17, 15) is 14.7 Å². The maximum atomic E-state index is 12.3. The monoisotopic (exact) mass is 367 g/mol. The number of ether oxygens (including phenoxy) is 1. The number of carbonyl (C=O) groups is 2.